The van der Waals surface area contributed by atoms with Crippen molar-refractivity contribution in [1.29, 1.82) is 0 Å². The SMILES string of the molecule is CCOc1c(Cl)ccc([C@H](CC(=O)O)NC(=O)Nc2c(O)c3c(n(Cc4ccccc4Cl)c2=O)CCC3)c1Cl. The molecule has 0 radical (unpaired) electrons. The number of rotatable bonds is 9. The predicted molar refractivity (Wildman–Crippen MR) is 150 cm³/mol. The Bertz CT molecular complexity index is 1490. The van der Waals surface area contributed by atoms with Crippen LogP contribution >= 0.6 is 34.8 Å². The van der Waals surface area contributed by atoms with Crippen molar-refractivity contribution in [3.05, 3.63) is 84.2 Å². The van der Waals surface area contributed by atoms with Crippen molar-refractivity contribution in [1.82, 2.24) is 9.88 Å². The monoisotopic (exact) mass is 593 g/mol. The maximum absolute atomic E-state index is 13.5. The third-order valence-corrected chi connectivity index (χ3v) is 7.50. The van der Waals surface area contributed by atoms with Gasteiger partial charge in [0.1, 0.15) is 5.75 Å². The van der Waals surface area contributed by atoms with Gasteiger partial charge in [0.15, 0.2) is 11.4 Å². The van der Waals surface area contributed by atoms with Crippen molar-refractivity contribution in [3.8, 4) is 11.5 Å². The summed E-state index contributed by atoms with van der Waals surface area (Å²) in [6, 6.07) is 8.08. The minimum atomic E-state index is -1.20. The number of carbonyl (C=O) groups excluding carboxylic acids is 1. The van der Waals surface area contributed by atoms with Crippen LogP contribution in [-0.4, -0.2) is 33.4 Å². The first-order valence-corrected chi connectivity index (χ1v) is 13.4. The summed E-state index contributed by atoms with van der Waals surface area (Å²) in [7, 11) is 0. The van der Waals surface area contributed by atoms with Crippen molar-refractivity contribution in [2.45, 2.75) is 45.2 Å². The first-order valence-electron chi connectivity index (χ1n) is 12.2. The van der Waals surface area contributed by atoms with Crippen LogP contribution in [0.15, 0.2) is 41.2 Å². The molecular weight excluding hydrogens is 569 g/mol. The maximum Gasteiger partial charge on any atom is 0.319 e. The number of carboxylic acid groups (broad SMARTS) is 1. The number of aliphatic carboxylic acids is 1. The molecule has 12 heteroatoms. The molecule has 1 aliphatic carbocycles. The van der Waals surface area contributed by atoms with Gasteiger partial charge in [-0.1, -0.05) is 59.1 Å². The van der Waals surface area contributed by atoms with Gasteiger partial charge in [0.05, 0.1) is 35.7 Å². The lowest BCUT2D eigenvalue weighted by atomic mass is 10.0. The van der Waals surface area contributed by atoms with E-state index in [2.05, 4.69) is 10.6 Å². The first-order chi connectivity index (χ1) is 18.6. The normalized spacial score (nSPS) is 13.0. The summed E-state index contributed by atoms with van der Waals surface area (Å²) in [6.07, 6.45) is 1.33. The molecule has 2 aromatic carbocycles. The molecule has 0 bridgehead atoms. The van der Waals surface area contributed by atoms with Crippen molar-refractivity contribution in [2.24, 2.45) is 0 Å². The molecule has 9 nitrogen and oxygen atoms in total. The van der Waals surface area contributed by atoms with Gasteiger partial charge in [-0.3, -0.25) is 9.59 Å². The first kappa shape index (κ1) is 28.6. The smallest absolute Gasteiger partial charge is 0.319 e. The van der Waals surface area contributed by atoms with Crippen LogP contribution in [0, 0.1) is 0 Å². The van der Waals surface area contributed by atoms with Gasteiger partial charge >= 0.3 is 12.0 Å². The van der Waals surface area contributed by atoms with Gasteiger partial charge in [-0.05, 0) is 49.4 Å². The zero-order chi connectivity index (χ0) is 28.3. The summed E-state index contributed by atoms with van der Waals surface area (Å²) in [4.78, 5) is 38.2. The number of carbonyl (C=O) groups is 2. The van der Waals surface area contributed by atoms with E-state index in [1.54, 1.807) is 31.2 Å². The van der Waals surface area contributed by atoms with E-state index in [9.17, 15) is 24.6 Å². The zero-order valence-electron chi connectivity index (χ0n) is 20.9. The molecule has 2 amide bonds. The van der Waals surface area contributed by atoms with Crippen molar-refractivity contribution in [2.75, 3.05) is 11.9 Å². The van der Waals surface area contributed by atoms with E-state index in [4.69, 9.17) is 39.5 Å². The minimum Gasteiger partial charge on any atom is -0.505 e. The molecule has 0 saturated heterocycles. The highest BCUT2D eigenvalue weighted by atomic mass is 35.5. The number of benzene rings is 2. The quantitative estimate of drug-likeness (QED) is 0.248. The number of nitrogens with one attached hydrogen (secondary N) is 2. The minimum absolute atomic E-state index is 0.0540. The highest BCUT2D eigenvalue weighted by Crippen LogP contribution is 2.39. The van der Waals surface area contributed by atoms with Gasteiger partial charge in [0.25, 0.3) is 5.56 Å². The molecule has 0 unspecified atom stereocenters. The van der Waals surface area contributed by atoms with Crippen LogP contribution in [0.25, 0.3) is 0 Å². The van der Waals surface area contributed by atoms with Crippen LogP contribution in [0.3, 0.4) is 0 Å². The second-order valence-corrected chi connectivity index (χ2v) is 10.1. The molecule has 4 rings (SSSR count). The maximum atomic E-state index is 13.5. The Balaban J connectivity index is 1.67. The lowest BCUT2D eigenvalue weighted by Gasteiger charge is -2.22. The number of nitrogens with zero attached hydrogens (tertiary/aromatic N) is 1. The Labute approximate surface area is 239 Å². The number of urea groups is 1. The number of halogens is 3. The third kappa shape index (κ3) is 6.11. The molecule has 4 N–H and O–H groups in total. The number of aromatic nitrogens is 1. The number of amides is 2. The van der Waals surface area contributed by atoms with Crippen LogP contribution < -0.4 is 20.9 Å². The molecule has 0 aliphatic heterocycles. The van der Waals surface area contributed by atoms with E-state index in [0.29, 0.717) is 34.7 Å². The van der Waals surface area contributed by atoms with E-state index >= 15 is 0 Å². The fraction of sp³-hybridized carbons (Fsp3) is 0.296. The lowest BCUT2D eigenvalue weighted by molar-refractivity contribution is -0.137. The molecule has 0 fully saturated rings. The summed E-state index contributed by atoms with van der Waals surface area (Å²) in [5, 5.41) is 26.2. The fourth-order valence-corrected chi connectivity index (χ4v) is 5.49. The molecule has 1 heterocycles. The van der Waals surface area contributed by atoms with Gasteiger partial charge < -0.3 is 30.2 Å². The standard InChI is InChI=1S/C27H26Cl3N3O6/c1-2-39-25-18(29)11-10-15(22(25)30)19(12-21(34)35)31-27(38)32-23-24(36)16-7-5-9-20(16)33(26(23)37)13-14-6-3-4-8-17(14)28/h3-4,6,8,10-11,19,36H,2,5,7,9,12-13H2,1H3,(H,34,35)(H2,31,32,38)/t19-/m0/s1. The summed E-state index contributed by atoms with van der Waals surface area (Å²) >= 11 is 19.0. The Kier molecular flexibility index (Phi) is 8.94. The van der Waals surface area contributed by atoms with Gasteiger partial charge in [-0.2, -0.15) is 0 Å². The molecule has 206 valence electrons. The molecular formula is C27H26Cl3N3O6. The number of pyridine rings is 1. The van der Waals surface area contributed by atoms with Crippen molar-refractivity contribution < 1.29 is 24.5 Å². The Morgan fingerprint density at radius 3 is 2.54 bits per heavy atom. The van der Waals surface area contributed by atoms with Gasteiger partial charge in [0, 0.05) is 16.3 Å². The highest BCUT2D eigenvalue weighted by Gasteiger charge is 2.28. The average molecular weight is 595 g/mol. The number of carboxylic acids is 1. The van der Waals surface area contributed by atoms with Crippen LogP contribution in [0.2, 0.25) is 15.1 Å². The summed E-state index contributed by atoms with van der Waals surface area (Å²) < 4.78 is 6.98. The molecule has 3 aromatic rings. The van der Waals surface area contributed by atoms with Crippen LogP contribution in [0.1, 0.15) is 48.2 Å². The Morgan fingerprint density at radius 2 is 1.85 bits per heavy atom. The van der Waals surface area contributed by atoms with Crippen molar-refractivity contribution in [3.63, 3.8) is 0 Å². The number of ether oxygens (including phenoxy) is 1. The third-order valence-electron chi connectivity index (χ3n) is 6.45. The van der Waals surface area contributed by atoms with E-state index in [-0.39, 0.29) is 45.9 Å². The number of hydrogen-bond donors (Lipinski definition) is 4. The zero-order valence-corrected chi connectivity index (χ0v) is 23.2. The molecule has 1 aromatic heterocycles. The van der Waals surface area contributed by atoms with E-state index in [1.165, 1.54) is 16.7 Å². The second kappa shape index (κ2) is 12.2. The number of fused-ring (bicyclic) bond motifs is 1. The van der Waals surface area contributed by atoms with E-state index in [1.807, 2.05) is 0 Å². The topological polar surface area (TPSA) is 130 Å². The summed E-state index contributed by atoms with van der Waals surface area (Å²) in [5.74, 6) is -1.35. The van der Waals surface area contributed by atoms with Gasteiger partial charge in [0.2, 0.25) is 0 Å². The van der Waals surface area contributed by atoms with Crippen LogP contribution in [0.4, 0.5) is 10.5 Å². The van der Waals surface area contributed by atoms with Crippen LogP contribution in [-0.2, 0) is 24.2 Å². The van der Waals surface area contributed by atoms with Crippen LogP contribution in [0.5, 0.6) is 11.5 Å². The number of hydrogen-bond acceptors (Lipinski definition) is 5. The molecule has 0 saturated carbocycles. The Hall–Kier alpha value is -3.40. The van der Waals surface area contributed by atoms with E-state index < -0.39 is 30.0 Å². The molecule has 39 heavy (non-hydrogen) atoms. The van der Waals surface area contributed by atoms with Gasteiger partial charge in [-0.15, -0.1) is 0 Å². The van der Waals surface area contributed by atoms with E-state index in [0.717, 1.165) is 6.42 Å². The Morgan fingerprint density at radius 1 is 1.10 bits per heavy atom. The fourth-order valence-electron chi connectivity index (χ4n) is 4.68. The lowest BCUT2D eigenvalue weighted by Crippen LogP contribution is -2.37. The highest BCUT2D eigenvalue weighted by molar-refractivity contribution is 6.37. The second-order valence-electron chi connectivity index (χ2n) is 8.95. The average Bonchev–Trinajstić information content (AvgIpc) is 3.37. The molecule has 1 aliphatic rings. The number of anilines is 1. The largest absolute Gasteiger partial charge is 0.505 e. The summed E-state index contributed by atoms with van der Waals surface area (Å²) in [6.45, 7) is 2.15. The summed E-state index contributed by atoms with van der Waals surface area (Å²) in [5.41, 5.74) is 1.30. The predicted octanol–water partition coefficient (Wildman–Crippen LogP) is 5.79. The number of aromatic hydroxyl groups is 1. The molecule has 0 spiro atoms. The van der Waals surface area contributed by atoms with Gasteiger partial charge in [-0.25, -0.2) is 4.79 Å². The molecule has 1 atom stereocenters. The van der Waals surface area contributed by atoms with Crippen molar-refractivity contribution >= 4 is 52.5 Å².